The maximum atomic E-state index is 4.48. The van der Waals surface area contributed by atoms with E-state index in [-0.39, 0.29) is 0 Å². The third kappa shape index (κ3) is 1.82. The summed E-state index contributed by atoms with van der Waals surface area (Å²) in [6, 6.07) is 0. The van der Waals surface area contributed by atoms with Gasteiger partial charge in [-0.15, -0.1) is 10.2 Å². The molecule has 18 heavy (non-hydrogen) atoms. The molecule has 0 bridgehead atoms. The fourth-order valence-electron chi connectivity index (χ4n) is 2.63. The Bertz CT molecular complexity index is 548. The van der Waals surface area contributed by atoms with Crippen LogP contribution in [-0.4, -0.2) is 46.3 Å². The number of hydrogen-bond donors (Lipinski definition) is 1. The Kier molecular flexibility index (Phi) is 2.87. The number of aryl methyl sites for hydroxylation is 1. The number of nitrogens with zero attached hydrogens (tertiary/aromatic N) is 5. The van der Waals surface area contributed by atoms with Crippen LogP contribution in [0.5, 0.6) is 0 Å². The van der Waals surface area contributed by atoms with Crippen molar-refractivity contribution in [3.8, 4) is 0 Å². The fourth-order valence-corrected chi connectivity index (χ4v) is 2.63. The van der Waals surface area contributed by atoms with Crippen molar-refractivity contribution < 1.29 is 0 Å². The van der Waals surface area contributed by atoms with E-state index in [1.54, 1.807) is 0 Å². The van der Waals surface area contributed by atoms with Gasteiger partial charge >= 0.3 is 0 Å². The van der Waals surface area contributed by atoms with Gasteiger partial charge in [-0.25, -0.2) is 4.98 Å². The van der Waals surface area contributed by atoms with Gasteiger partial charge in [0.05, 0.1) is 0 Å². The number of hydrogen-bond acceptors (Lipinski definition) is 5. The summed E-state index contributed by atoms with van der Waals surface area (Å²) in [4.78, 5) is 6.79. The van der Waals surface area contributed by atoms with Crippen molar-refractivity contribution in [2.45, 2.75) is 13.3 Å². The largest absolute Gasteiger partial charge is 0.353 e. The number of anilines is 1. The lowest BCUT2D eigenvalue weighted by Gasteiger charge is -2.17. The Morgan fingerprint density at radius 3 is 3.17 bits per heavy atom. The molecule has 1 saturated heterocycles. The zero-order valence-electron chi connectivity index (χ0n) is 10.8. The van der Waals surface area contributed by atoms with Crippen molar-refractivity contribution in [2.75, 3.05) is 31.6 Å². The zero-order valence-corrected chi connectivity index (χ0v) is 10.8. The maximum absolute atomic E-state index is 4.48. The standard InChI is InChI=1S/C12H18N6/c1-9-15-16-12-11(14-4-6-18(9)12)17-5-3-10(8-17)7-13-2/h4,6,10,13H,3,5,7-8H2,1-2H3. The van der Waals surface area contributed by atoms with Crippen LogP contribution in [0.3, 0.4) is 0 Å². The van der Waals surface area contributed by atoms with E-state index in [1.165, 1.54) is 6.42 Å². The monoisotopic (exact) mass is 246 g/mol. The third-order valence-corrected chi connectivity index (χ3v) is 3.56. The lowest BCUT2D eigenvalue weighted by Crippen LogP contribution is -2.25. The van der Waals surface area contributed by atoms with Crippen LogP contribution < -0.4 is 10.2 Å². The highest BCUT2D eigenvalue weighted by molar-refractivity contribution is 5.64. The van der Waals surface area contributed by atoms with Crippen molar-refractivity contribution in [2.24, 2.45) is 5.92 Å². The summed E-state index contributed by atoms with van der Waals surface area (Å²) in [5.74, 6) is 2.55. The summed E-state index contributed by atoms with van der Waals surface area (Å²) < 4.78 is 1.99. The molecule has 0 spiro atoms. The van der Waals surface area contributed by atoms with Gasteiger partial charge in [-0.1, -0.05) is 0 Å². The van der Waals surface area contributed by atoms with Crippen LogP contribution in [0.25, 0.3) is 5.65 Å². The molecule has 2 aromatic rings. The Balaban J connectivity index is 1.91. The van der Waals surface area contributed by atoms with Gasteiger partial charge in [0, 0.05) is 25.5 Å². The molecule has 1 aliphatic heterocycles. The van der Waals surface area contributed by atoms with Crippen LogP contribution in [-0.2, 0) is 0 Å². The quantitative estimate of drug-likeness (QED) is 0.853. The fraction of sp³-hybridized carbons (Fsp3) is 0.583. The van der Waals surface area contributed by atoms with E-state index in [2.05, 4.69) is 25.4 Å². The summed E-state index contributed by atoms with van der Waals surface area (Å²) in [5, 5.41) is 11.6. The summed E-state index contributed by atoms with van der Waals surface area (Å²) in [6.07, 6.45) is 4.94. The number of aromatic nitrogens is 4. The molecule has 6 heteroatoms. The molecule has 1 aliphatic rings. The van der Waals surface area contributed by atoms with E-state index in [4.69, 9.17) is 0 Å². The third-order valence-electron chi connectivity index (χ3n) is 3.56. The molecule has 1 N–H and O–H groups in total. The summed E-state index contributed by atoms with van der Waals surface area (Å²) in [5.41, 5.74) is 0.861. The van der Waals surface area contributed by atoms with Gasteiger partial charge in [0.1, 0.15) is 5.82 Å². The Morgan fingerprint density at radius 2 is 2.33 bits per heavy atom. The van der Waals surface area contributed by atoms with E-state index >= 15 is 0 Å². The van der Waals surface area contributed by atoms with Gasteiger partial charge in [-0.2, -0.15) is 0 Å². The van der Waals surface area contributed by atoms with E-state index in [0.717, 1.165) is 36.9 Å². The molecule has 1 atom stereocenters. The summed E-state index contributed by atoms with van der Waals surface area (Å²) in [7, 11) is 2.00. The lowest BCUT2D eigenvalue weighted by atomic mass is 10.1. The SMILES string of the molecule is CNCC1CCN(c2nccn3c(C)nnc23)C1. The van der Waals surface area contributed by atoms with Crippen LogP contribution in [0.1, 0.15) is 12.2 Å². The molecule has 0 radical (unpaired) electrons. The Labute approximate surface area is 106 Å². The highest BCUT2D eigenvalue weighted by atomic mass is 15.3. The second kappa shape index (κ2) is 4.53. The first kappa shape index (κ1) is 11.4. The van der Waals surface area contributed by atoms with Gasteiger partial charge in [0.15, 0.2) is 5.82 Å². The van der Waals surface area contributed by atoms with Gasteiger partial charge in [-0.3, -0.25) is 4.40 Å². The molecule has 2 aromatic heterocycles. The van der Waals surface area contributed by atoms with Crippen molar-refractivity contribution in [1.29, 1.82) is 0 Å². The number of rotatable bonds is 3. The van der Waals surface area contributed by atoms with E-state index in [9.17, 15) is 0 Å². The minimum Gasteiger partial charge on any atom is -0.353 e. The van der Waals surface area contributed by atoms with Gasteiger partial charge in [-0.05, 0) is 32.9 Å². The van der Waals surface area contributed by atoms with Crippen LogP contribution in [0.2, 0.25) is 0 Å². The average Bonchev–Trinajstić information content (AvgIpc) is 2.98. The lowest BCUT2D eigenvalue weighted by molar-refractivity contribution is 0.549. The van der Waals surface area contributed by atoms with Crippen LogP contribution >= 0.6 is 0 Å². The van der Waals surface area contributed by atoms with Crippen molar-refractivity contribution in [3.63, 3.8) is 0 Å². The molecule has 1 fully saturated rings. The second-order valence-corrected chi connectivity index (χ2v) is 4.85. The van der Waals surface area contributed by atoms with E-state index < -0.39 is 0 Å². The average molecular weight is 246 g/mol. The molecular formula is C12H18N6. The molecule has 3 rings (SSSR count). The molecule has 6 nitrogen and oxygen atoms in total. The topological polar surface area (TPSA) is 58.4 Å². The van der Waals surface area contributed by atoms with E-state index in [0.29, 0.717) is 5.92 Å². The molecule has 3 heterocycles. The molecule has 0 aromatic carbocycles. The minimum atomic E-state index is 0.695. The smallest absolute Gasteiger partial charge is 0.203 e. The Hall–Kier alpha value is -1.69. The van der Waals surface area contributed by atoms with Gasteiger partial charge in [0.2, 0.25) is 5.65 Å². The molecule has 1 unspecified atom stereocenters. The molecular weight excluding hydrogens is 228 g/mol. The zero-order chi connectivity index (χ0) is 12.5. The predicted molar refractivity (Wildman–Crippen MR) is 69.8 cm³/mol. The summed E-state index contributed by atoms with van der Waals surface area (Å²) in [6.45, 7) is 5.10. The number of fused-ring (bicyclic) bond motifs is 1. The first-order valence-corrected chi connectivity index (χ1v) is 6.35. The predicted octanol–water partition coefficient (Wildman–Crippen LogP) is 0.478. The summed E-state index contributed by atoms with van der Waals surface area (Å²) >= 11 is 0. The molecule has 96 valence electrons. The van der Waals surface area contributed by atoms with Crippen molar-refractivity contribution >= 4 is 11.5 Å². The van der Waals surface area contributed by atoms with Gasteiger partial charge in [0.25, 0.3) is 0 Å². The maximum Gasteiger partial charge on any atom is 0.203 e. The van der Waals surface area contributed by atoms with Crippen LogP contribution in [0, 0.1) is 12.8 Å². The van der Waals surface area contributed by atoms with Crippen LogP contribution in [0.15, 0.2) is 12.4 Å². The van der Waals surface area contributed by atoms with E-state index in [1.807, 2.05) is 30.8 Å². The highest BCUT2D eigenvalue weighted by Crippen LogP contribution is 2.24. The molecule has 0 aliphatic carbocycles. The van der Waals surface area contributed by atoms with Crippen molar-refractivity contribution in [3.05, 3.63) is 18.2 Å². The molecule has 0 saturated carbocycles. The normalized spacial score (nSPS) is 19.9. The first-order chi connectivity index (χ1) is 8.79. The molecule has 0 amide bonds. The van der Waals surface area contributed by atoms with Gasteiger partial charge < -0.3 is 10.2 Å². The minimum absolute atomic E-state index is 0.695. The second-order valence-electron chi connectivity index (χ2n) is 4.85. The first-order valence-electron chi connectivity index (χ1n) is 6.35. The van der Waals surface area contributed by atoms with Crippen molar-refractivity contribution in [1.82, 2.24) is 24.9 Å². The van der Waals surface area contributed by atoms with Crippen LogP contribution in [0.4, 0.5) is 5.82 Å². The highest BCUT2D eigenvalue weighted by Gasteiger charge is 2.25. The number of nitrogens with one attached hydrogen (secondary N) is 1. The Morgan fingerprint density at radius 1 is 1.44 bits per heavy atom.